The first-order valence-electron chi connectivity index (χ1n) is 4.77. The summed E-state index contributed by atoms with van der Waals surface area (Å²) in [7, 11) is 0. The first kappa shape index (κ1) is 10.2. The zero-order valence-electron chi connectivity index (χ0n) is 8.77. The van der Waals surface area contributed by atoms with Gasteiger partial charge in [0, 0.05) is 12.4 Å². The molecule has 0 aliphatic carbocycles. The molecule has 2 rings (SSSR count). The maximum Gasteiger partial charge on any atom is 0.102 e. The maximum absolute atomic E-state index is 4.32. The fourth-order valence-corrected chi connectivity index (χ4v) is 1.83. The van der Waals surface area contributed by atoms with Crippen LogP contribution in [0.2, 0.25) is 0 Å². The molecule has 0 spiro atoms. The van der Waals surface area contributed by atoms with Crippen molar-refractivity contribution in [1.82, 2.24) is 9.97 Å². The van der Waals surface area contributed by atoms with Crippen LogP contribution >= 0.6 is 11.8 Å². The molecule has 0 aliphatic heterocycles. The summed E-state index contributed by atoms with van der Waals surface area (Å²) in [4.78, 5) is 8.64. The molecule has 0 N–H and O–H groups in total. The Bertz CT molecular complexity index is 391. The van der Waals surface area contributed by atoms with Crippen molar-refractivity contribution in [1.29, 1.82) is 0 Å². The van der Waals surface area contributed by atoms with Gasteiger partial charge in [0.1, 0.15) is 10.1 Å². The summed E-state index contributed by atoms with van der Waals surface area (Å²) in [5.41, 5.74) is 2.35. The lowest BCUT2D eigenvalue weighted by atomic mass is 10.3. The number of pyridine rings is 2. The van der Waals surface area contributed by atoms with Gasteiger partial charge in [0.2, 0.25) is 0 Å². The molecule has 2 aromatic rings. The van der Waals surface area contributed by atoms with Gasteiger partial charge in [-0.05, 0) is 37.1 Å². The first-order chi connectivity index (χ1) is 7.24. The molecule has 0 bridgehead atoms. The summed E-state index contributed by atoms with van der Waals surface area (Å²) in [6.07, 6.45) is 3.74. The van der Waals surface area contributed by atoms with Gasteiger partial charge in [0.05, 0.1) is 0 Å². The zero-order valence-corrected chi connectivity index (χ0v) is 9.58. The minimum atomic E-state index is 0.983. The van der Waals surface area contributed by atoms with E-state index in [4.69, 9.17) is 0 Å². The minimum absolute atomic E-state index is 0.983. The van der Waals surface area contributed by atoms with Crippen LogP contribution < -0.4 is 0 Å². The lowest BCUT2D eigenvalue weighted by Gasteiger charge is -2.00. The van der Waals surface area contributed by atoms with Crippen molar-refractivity contribution in [2.75, 3.05) is 0 Å². The molecule has 0 saturated heterocycles. The number of aryl methyl sites for hydroxylation is 2. The number of rotatable bonds is 2. The van der Waals surface area contributed by atoms with E-state index in [-0.39, 0.29) is 0 Å². The zero-order chi connectivity index (χ0) is 10.7. The molecule has 2 heterocycles. The third-order valence-corrected chi connectivity index (χ3v) is 2.88. The molecule has 0 atom stereocenters. The highest BCUT2D eigenvalue weighted by Crippen LogP contribution is 2.23. The van der Waals surface area contributed by atoms with Gasteiger partial charge in [0.15, 0.2) is 0 Å². The largest absolute Gasteiger partial charge is 0.249 e. The van der Waals surface area contributed by atoms with Crippen LogP contribution in [0, 0.1) is 13.8 Å². The van der Waals surface area contributed by atoms with Gasteiger partial charge in [-0.2, -0.15) is 0 Å². The quantitative estimate of drug-likeness (QED) is 0.770. The van der Waals surface area contributed by atoms with Crippen molar-refractivity contribution in [3.63, 3.8) is 0 Å². The summed E-state index contributed by atoms with van der Waals surface area (Å²) in [5.74, 6) is 0. The Hall–Kier alpha value is -1.35. The molecule has 0 saturated carbocycles. The Morgan fingerprint density at radius 2 is 1.27 bits per heavy atom. The first-order valence-corrected chi connectivity index (χ1v) is 5.59. The number of aromatic nitrogens is 2. The van der Waals surface area contributed by atoms with Gasteiger partial charge in [-0.15, -0.1) is 0 Å². The molecule has 0 amide bonds. The number of nitrogens with zero attached hydrogens (tertiary/aromatic N) is 2. The molecule has 0 fully saturated rings. The summed E-state index contributed by atoms with van der Waals surface area (Å²) in [5, 5.41) is 1.97. The molecular weight excluding hydrogens is 204 g/mol. The van der Waals surface area contributed by atoms with E-state index in [9.17, 15) is 0 Å². The number of hydrogen-bond donors (Lipinski definition) is 0. The monoisotopic (exact) mass is 216 g/mol. The molecule has 0 aliphatic rings. The Morgan fingerprint density at radius 1 is 0.800 bits per heavy atom. The van der Waals surface area contributed by atoms with Crippen LogP contribution in [-0.2, 0) is 0 Å². The van der Waals surface area contributed by atoms with Gasteiger partial charge in [-0.3, -0.25) is 0 Å². The van der Waals surface area contributed by atoms with Crippen molar-refractivity contribution in [3.05, 3.63) is 47.8 Å². The van der Waals surface area contributed by atoms with Crippen molar-refractivity contribution >= 4 is 11.8 Å². The van der Waals surface area contributed by atoms with Crippen molar-refractivity contribution in [2.45, 2.75) is 23.9 Å². The van der Waals surface area contributed by atoms with Crippen LogP contribution in [0.25, 0.3) is 0 Å². The van der Waals surface area contributed by atoms with Crippen LogP contribution in [-0.4, -0.2) is 9.97 Å². The molecule has 3 heteroatoms. The van der Waals surface area contributed by atoms with E-state index in [1.807, 2.05) is 38.4 Å². The second-order valence-electron chi connectivity index (χ2n) is 3.45. The van der Waals surface area contributed by atoms with Crippen molar-refractivity contribution in [2.24, 2.45) is 0 Å². The summed E-state index contributed by atoms with van der Waals surface area (Å²) in [6, 6.07) is 8.15. The van der Waals surface area contributed by atoms with Gasteiger partial charge in [-0.1, -0.05) is 23.9 Å². The second-order valence-corrected chi connectivity index (χ2v) is 4.49. The van der Waals surface area contributed by atoms with Crippen LogP contribution in [0.1, 0.15) is 11.1 Å². The van der Waals surface area contributed by atoms with Crippen LogP contribution in [0.5, 0.6) is 0 Å². The van der Waals surface area contributed by atoms with Crippen molar-refractivity contribution in [3.8, 4) is 0 Å². The fraction of sp³-hybridized carbons (Fsp3) is 0.167. The fourth-order valence-electron chi connectivity index (χ4n) is 1.14. The molecule has 76 valence electrons. The predicted molar refractivity (Wildman–Crippen MR) is 62.1 cm³/mol. The van der Waals surface area contributed by atoms with E-state index in [1.165, 1.54) is 11.1 Å². The van der Waals surface area contributed by atoms with Crippen LogP contribution in [0.4, 0.5) is 0 Å². The van der Waals surface area contributed by atoms with Gasteiger partial charge < -0.3 is 0 Å². The third-order valence-electron chi connectivity index (χ3n) is 1.98. The number of hydrogen-bond acceptors (Lipinski definition) is 3. The summed E-state index contributed by atoms with van der Waals surface area (Å²) in [6.45, 7) is 4.07. The average molecular weight is 216 g/mol. The topological polar surface area (TPSA) is 25.8 Å². The van der Waals surface area contributed by atoms with E-state index in [2.05, 4.69) is 22.1 Å². The van der Waals surface area contributed by atoms with E-state index >= 15 is 0 Å². The normalized spacial score (nSPS) is 10.3. The molecule has 0 radical (unpaired) electrons. The summed E-state index contributed by atoms with van der Waals surface area (Å²) < 4.78 is 0. The maximum atomic E-state index is 4.32. The Morgan fingerprint density at radius 3 is 1.60 bits per heavy atom. The Kier molecular flexibility index (Phi) is 3.02. The molecular formula is C12H12N2S. The van der Waals surface area contributed by atoms with Gasteiger partial charge in [-0.25, -0.2) is 9.97 Å². The molecule has 0 aromatic carbocycles. The average Bonchev–Trinajstić information content (AvgIpc) is 2.25. The third kappa shape index (κ3) is 2.80. The van der Waals surface area contributed by atoms with Gasteiger partial charge in [0.25, 0.3) is 0 Å². The lowest BCUT2D eigenvalue weighted by Crippen LogP contribution is -1.83. The van der Waals surface area contributed by atoms with Gasteiger partial charge >= 0.3 is 0 Å². The smallest absolute Gasteiger partial charge is 0.102 e. The lowest BCUT2D eigenvalue weighted by molar-refractivity contribution is 1.07. The highest BCUT2D eigenvalue weighted by molar-refractivity contribution is 7.99. The predicted octanol–water partition coefficient (Wildman–Crippen LogP) is 3.24. The van der Waals surface area contributed by atoms with Crippen LogP contribution in [0.3, 0.4) is 0 Å². The summed E-state index contributed by atoms with van der Waals surface area (Å²) >= 11 is 1.58. The van der Waals surface area contributed by atoms with E-state index < -0.39 is 0 Å². The highest BCUT2D eigenvalue weighted by atomic mass is 32.2. The van der Waals surface area contributed by atoms with E-state index in [0.29, 0.717) is 0 Å². The molecule has 2 aromatic heterocycles. The van der Waals surface area contributed by atoms with E-state index in [1.54, 1.807) is 11.8 Å². The molecule has 0 unspecified atom stereocenters. The molecule has 2 nitrogen and oxygen atoms in total. The minimum Gasteiger partial charge on any atom is -0.249 e. The van der Waals surface area contributed by atoms with Crippen LogP contribution in [0.15, 0.2) is 46.7 Å². The SMILES string of the molecule is Cc1ccc(Sc2ccc(C)cn2)nc1. The highest BCUT2D eigenvalue weighted by Gasteiger charge is 1.98. The second kappa shape index (κ2) is 4.45. The molecule has 15 heavy (non-hydrogen) atoms. The Labute approximate surface area is 93.8 Å². The Balaban J connectivity index is 2.15. The van der Waals surface area contributed by atoms with Crippen molar-refractivity contribution < 1.29 is 0 Å². The van der Waals surface area contributed by atoms with E-state index in [0.717, 1.165) is 10.1 Å². The standard InChI is InChI=1S/C12H12N2S/c1-9-3-5-11(13-7-9)15-12-6-4-10(2)8-14-12/h3-8H,1-2H3.